The molecule has 1 amide bonds. The van der Waals surface area contributed by atoms with Crippen LogP contribution in [-0.2, 0) is 0 Å². The molecule has 5 aromatic rings. The molecule has 140 valence electrons. The van der Waals surface area contributed by atoms with E-state index in [1.54, 1.807) is 11.3 Å². The highest BCUT2D eigenvalue weighted by atomic mass is 79.9. The lowest BCUT2D eigenvalue weighted by molar-refractivity contribution is 0.102. The number of para-hydroxylation sites is 1. The van der Waals surface area contributed by atoms with Crippen molar-refractivity contribution in [3.63, 3.8) is 0 Å². The Bertz CT molecular complexity index is 1330. The second kappa shape index (κ2) is 7.43. The third-order valence-corrected chi connectivity index (χ3v) is 6.57. The van der Waals surface area contributed by atoms with E-state index in [9.17, 15) is 4.79 Å². The molecule has 1 N–H and O–H groups in total. The number of hydrogen-bond donors (Lipinski definition) is 1. The number of carbonyl (C=O) groups excluding carboxylic acids is 1. The van der Waals surface area contributed by atoms with Crippen LogP contribution in [0.25, 0.3) is 31.6 Å². The van der Waals surface area contributed by atoms with Gasteiger partial charge in [-0.25, -0.2) is 4.98 Å². The predicted octanol–water partition coefficient (Wildman–Crippen LogP) is 7.13. The Morgan fingerprint density at radius 3 is 2.41 bits per heavy atom. The minimum absolute atomic E-state index is 0.124. The SMILES string of the molecule is O=C(Nc1ccc(-c2nc3ccccc3s2)cc1)c1cccc2c(Br)cccc12. The Hall–Kier alpha value is -3.02. The zero-order valence-corrected chi connectivity index (χ0v) is 17.6. The summed E-state index contributed by atoms with van der Waals surface area (Å²) >= 11 is 5.22. The number of aromatic nitrogens is 1. The van der Waals surface area contributed by atoms with E-state index >= 15 is 0 Å². The van der Waals surface area contributed by atoms with Crippen LogP contribution in [0.5, 0.6) is 0 Å². The van der Waals surface area contributed by atoms with Crippen molar-refractivity contribution in [2.75, 3.05) is 5.32 Å². The summed E-state index contributed by atoms with van der Waals surface area (Å²) in [6.07, 6.45) is 0. The van der Waals surface area contributed by atoms with Crippen LogP contribution in [0.3, 0.4) is 0 Å². The summed E-state index contributed by atoms with van der Waals surface area (Å²) in [4.78, 5) is 17.6. The molecule has 29 heavy (non-hydrogen) atoms. The first kappa shape index (κ1) is 18.0. The fourth-order valence-electron chi connectivity index (χ4n) is 3.36. The second-order valence-electron chi connectivity index (χ2n) is 6.66. The van der Waals surface area contributed by atoms with E-state index in [0.29, 0.717) is 5.56 Å². The maximum absolute atomic E-state index is 12.9. The summed E-state index contributed by atoms with van der Waals surface area (Å²) in [6.45, 7) is 0. The highest BCUT2D eigenvalue weighted by molar-refractivity contribution is 9.10. The number of nitrogens with one attached hydrogen (secondary N) is 1. The summed E-state index contributed by atoms with van der Waals surface area (Å²) in [6, 6.07) is 27.6. The van der Waals surface area contributed by atoms with E-state index in [0.717, 1.165) is 37.0 Å². The molecule has 1 heterocycles. The van der Waals surface area contributed by atoms with Crippen molar-refractivity contribution < 1.29 is 4.79 Å². The monoisotopic (exact) mass is 458 g/mol. The van der Waals surface area contributed by atoms with Gasteiger partial charge in [0.1, 0.15) is 5.01 Å². The number of halogens is 1. The van der Waals surface area contributed by atoms with E-state index in [4.69, 9.17) is 4.98 Å². The van der Waals surface area contributed by atoms with Crippen LogP contribution in [-0.4, -0.2) is 10.9 Å². The first-order valence-corrected chi connectivity index (χ1v) is 10.7. The summed E-state index contributed by atoms with van der Waals surface area (Å²) in [5.74, 6) is -0.124. The molecule has 5 heteroatoms. The summed E-state index contributed by atoms with van der Waals surface area (Å²) in [5, 5.41) is 5.92. The van der Waals surface area contributed by atoms with Gasteiger partial charge >= 0.3 is 0 Å². The van der Waals surface area contributed by atoms with Gasteiger partial charge in [0, 0.05) is 21.3 Å². The Morgan fingerprint density at radius 2 is 1.59 bits per heavy atom. The van der Waals surface area contributed by atoms with Gasteiger partial charge in [0.05, 0.1) is 10.2 Å². The molecule has 4 aromatic carbocycles. The predicted molar refractivity (Wildman–Crippen MR) is 125 cm³/mol. The number of rotatable bonds is 3. The zero-order valence-electron chi connectivity index (χ0n) is 15.2. The molecule has 0 aliphatic heterocycles. The zero-order chi connectivity index (χ0) is 19.8. The second-order valence-corrected chi connectivity index (χ2v) is 8.54. The van der Waals surface area contributed by atoms with Crippen molar-refractivity contribution in [3.8, 4) is 10.6 Å². The third-order valence-electron chi connectivity index (χ3n) is 4.80. The first-order chi connectivity index (χ1) is 14.2. The van der Waals surface area contributed by atoms with Crippen molar-refractivity contribution in [3.05, 3.63) is 95.0 Å². The van der Waals surface area contributed by atoms with Gasteiger partial charge in [-0.15, -0.1) is 11.3 Å². The van der Waals surface area contributed by atoms with Gasteiger partial charge in [-0.2, -0.15) is 0 Å². The molecular formula is C24H15BrN2OS. The molecule has 0 atom stereocenters. The molecular weight excluding hydrogens is 444 g/mol. The number of amides is 1. The third kappa shape index (κ3) is 3.43. The molecule has 0 saturated carbocycles. The van der Waals surface area contributed by atoms with Gasteiger partial charge in [0.2, 0.25) is 0 Å². The molecule has 0 fully saturated rings. The standard InChI is InChI=1S/C24H15BrN2OS/c25-20-8-4-5-17-18(20)6-3-7-19(17)23(28)26-16-13-11-15(12-14-16)24-27-21-9-1-2-10-22(21)29-24/h1-14H,(H,26,28). The largest absolute Gasteiger partial charge is 0.322 e. The minimum atomic E-state index is -0.124. The normalized spacial score (nSPS) is 11.1. The molecule has 0 unspecified atom stereocenters. The Balaban J connectivity index is 1.41. The highest BCUT2D eigenvalue weighted by Crippen LogP contribution is 2.31. The molecule has 1 aromatic heterocycles. The average Bonchev–Trinajstić information content (AvgIpc) is 3.18. The number of carbonyl (C=O) groups is 1. The van der Waals surface area contributed by atoms with E-state index in [-0.39, 0.29) is 5.91 Å². The lowest BCUT2D eigenvalue weighted by Crippen LogP contribution is -2.12. The number of hydrogen-bond acceptors (Lipinski definition) is 3. The summed E-state index contributed by atoms with van der Waals surface area (Å²) in [5.41, 5.74) is 3.45. The molecule has 3 nitrogen and oxygen atoms in total. The van der Waals surface area contributed by atoms with Crippen LogP contribution in [0, 0.1) is 0 Å². The lowest BCUT2D eigenvalue weighted by Gasteiger charge is -2.09. The van der Waals surface area contributed by atoms with Gasteiger partial charge in [-0.05, 0) is 59.3 Å². The number of benzene rings is 4. The molecule has 0 saturated heterocycles. The lowest BCUT2D eigenvalue weighted by atomic mass is 10.0. The summed E-state index contributed by atoms with van der Waals surface area (Å²) in [7, 11) is 0. The molecule has 0 aliphatic rings. The highest BCUT2D eigenvalue weighted by Gasteiger charge is 2.12. The van der Waals surface area contributed by atoms with Crippen LogP contribution in [0.4, 0.5) is 5.69 Å². The van der Waals surface area contributed by atoms with Crippen molar-refractivity contribution in [2.24, 2.45) is 0 Å². The molecule has 0 spiro atoms. The van der Waals surface area contributed by atoms with Crippen molar-refractivity contribution in [1.29, 1.82) is 0 Å². The number of fused-ring (bicyclic) bond motifs is 2. The maximum atomic E-state index is 12.9. The quantitative estimate of drug-likeness (QED) is 0.312. The molecule has 0 aliphatic carbocycles. The number of thiazole rings is 1. The van der Waals surface area contributed by atoms with Gasteiger partial charge < -0.3 is 5.32 Å². The van der Waals surface area contributed by atoms with Gasteiger partial charge in [0.15, 0.2) is 0 Å². The van der Waals surface area contributed by atoms with Crippen LogP contribution in [0.2, 0.25) is 0 Å². The first-order valence-electron chi connectivity index (χ1n) is 9.14. The van der Waals surface area contributed by atoms with Crippen LogP contribution >= 0.6 is 27.3 Å². The van der Waals surface area contributed by atoms with Crippen LogP contribution in [0.15, 0.2) is 89.4 Å². The topological polar surface area (TPSA) is 42.0 Å². The van der Waals surface area contributed by atoms with E-state index in [1.807, 2.05) is 78.9 Å². The Morgan fingerprint density at radius 1 is 0.828 bits per heavy atom. The van der Waals surface area contributed by atoms with Gasteiger partial charge in [-0.3, -0.25) is 4.79 Å². The fraction of sp³-hybridized carbons (Fsp3) is 0. The average molecular weight is 459 g/mol. The Kier molecular flexibility index (Phi) is 4.62. The number of anilines is 1. The maximum Gasteiger partial charge on any atom is 0.256 e. The minimum Gasteiger partial charge on any atom is -0.322 e. The van der Waals surface area contributed by atoms with Crippen molar-refractivity contribution in [1.82, 2.24) is 4.98 Å². The van der Waals surface area contributed by atoms with Crippen LogP contribution < -0.4 is 5.32 Å². The number of nitrogens with zero attached hydrogens (tertiary/aromatic N) is 1. The summed E-state index contributed by atoms with van der Waals surface area (Å²) < 4.78 is 2.15. The van der Waals surface area contributed by atoms with E-state index < -0.39 is 0 Å². The van der Waals surface area contributed by atoms with Crippen molar-refractivity contribution in [2.45, 2.75) is 0 Å². The smallest absolute Gasteiger partial charge is 0.256 e. The van der Waals surface area contributed by atoms with E-state index in [2.05, 4.69) is 27.3 Å². The molecule has 5 rings (SSSR count). The Labute approximate surface area is 180 Å². The fourth-order valence-corrected chi connectivity index (χ4v) is 4.83. The van der Waals surface area contributed by atoms with Crippen LogP contribution in [0.1, 0.15) is 10.4 Å². The van der Waals surface area contributed by atoms with Crippen molar-refractivity contribution >= 4 is 59.9 Å². The van der Waals surface area contributed by atoms with Gasteiger partial charge in [0.25, 0.3) is 5.91 Å². The van der Waals surface area contributed by atoms with E-state index in [1.165, 1.54) is 4.70 Å². The molecule has 0 bridgehead atoms. The van der Waals surface area contributed by atoms with Gasteiger partial charge in [-0.1, -0.05) is 52.3 Å². The molecule has 0 radical (unpaired) electrons.